The van der Waals surface area contributed by atoms with Crippen molar-refractivity contribution in [3.05, 3.63) is 130 Å². The number of carboxylic acids is 1. The van der Waals surface area contributed by atoms with Gasteiger partial charge in [0.25, 0.3) is 20.0 Å². The zero-order chi connectivity index (χ0) is 38.1. The topological polar surface area (TPSA) is 180 Å². The molecule has 6 aromatic carbocycles. The average Bonchev–Trinajstić information content (AvgIpc) is 3.11. The molecule has 53 heavy (non-hydrogen) atoms. The van der Waals surface area contributed by atoms with E-state index in [1.165, 1.54) is 61.7 Å². The summed E-state index contributed by atoms with van der Waals surface area (Å²) in [6, 6.07) is 27.6. The van der Waals surface area contributed by atoms with Gasteiger partial charge in [0.05, 0.1) is 38.1 Å². The van der Waals surface area contributed by atoms with E-state index in [9.17, 15) is 31.5 Å². The summed E-state index contributed by atoms with van der Waals surface area (Å²) in [5.74, 6) is -2.00. The second-order valence-corrected chi connectivity index (χ2v) is 16.0. The molecule has 0 aliphatic heterocycles. The van der Waals surface area contributed by atoms with Crippen molar-refractivity contribution in [2.24, 2.45) is 0 Å². The number of rotatable bonds is 10. The number of anilines is 4. The summed E-state index contributed by atoms with van der Waals surface area (Å²) in [5, 5.41) is 18.5. The number of esters is 1. The molecule has 0 aromatic heterocycles. The van der Waals surface area contributed by atoms with Crippen LogP contribution in [0.15, 0.2) is 119 Å². The Kier molecular flexibility index (Phi) is 10.5. The Balaban J connectivity index is 1.17. The van der Waals surface area contributed by atoms with Crippen LogP contribution in [0, 0.1) is 0 Å². The zero-order valence-electron chi connectivity index (χ0n) is 27.2. The van der Waals surface area contributed by atoms with E-state index < -0.39 is 32.0 Å². The average molecular weight is 810 g/mol. The minimum atomic E-state index is -4.10. The number of carbonyl (C=O) groups is 2. The number of sulfonamides is 2. The lowest BCUT2D eigenvalue weighted by molar-refractivity contribution is 0.0600. The fourth-order valence-electron chi connectivity index (χ4n) is 5.27. The molecular weight excluding hydrogens is 784 g/mol. The highest BCUT2D eigenvalue weighted by Crippen LogP contribution is 2.29. The maximum atomic E-state index is 13.3. The Hall–Kier alpha value is -5.45. The van der Waals surface area contributed by atoms with Gasteiger partial charge in [-0.15, -0.1) is 0 Å². The first-order valence-corrected chi connectivity index (χ1v) is 19.4. The Morgan fingerprint density at radius 3 is 1.45 bits per heavy atom. The number of carboxylic acid groups (broad SMARTS) is 1. The van der Waals surface area contributed by atoms with Crippen LogP contribution in [0.3, 0.4) is 0 Å². The highest BCUT2D eigenvalue weighted by Gasteiger charge is 2.19. The first-order valence-electron chi connectivity index (χ1n) is 15.2. The minimum absolute atomic E-state index is 0.0103. The molecule has 0 bridgehead atoms. The first-order chi connectivity index (χ1) is 25.1. The number of hydrogen-bond donors (Lipinski definition) is 5. The molecule has 17 heteroatoms. The number of carbonyl (C=O) groups excluding carboxylic acids is 1. The molecule has 5 N–H and O–H groups in total. The van der Waals surface area contributed by atoms with Gasteiger partial charge >= 0.3 is 11.9 Å². The lowest BCUT2D eigenvalue weighted by Crippen LogP contribution is -2.19. The number of methoxy groups -OCH3 is 1. The van der Waals surface area contributed by atoms with Crippen LogP contribution in [-0.4, -0.2) is 46.1 Å². The fourth-order valence-corrected chi connectivity index (χ4v) is 8.07. The van der Waals surface area contributed by atoms with E-state index in [4.69, 9.17) is 40.2 Å². The van der Waals surface area contributed by atoms with Crippen molar-refractivity contribution in [1.82, 2.24) is 0 Å². The molecule has 0 radical (unpaired) electrons. The van der Waals surface area contributed by atoms with Crippen LogP contribution in [0.5, 0.6) is 0 Å². The standard InChI is InChI=1S/C36H26Cl2N4O8S3/c1-50-35(45)31-19-27(9-13-33(31)38)42-53(48,49)29-11-5-21-3-7-25(15-23(21)17-29)40-36(51)39-24-6-2-20-4-10-28(16-22(20)14-24)52(46,47)41-26-8-12-32(37)30(18-26)34(43)44/h2-19,41-42H,1H3,(H,43,44)(H2,39,40,51). The molecule has 12 nitrogen and oxygen atoms in total. The Morgan fingerprint density at radius 1 is 0.585 bits per heavy atom. The third-order valence-corrected chi connectivity index (χ3v) is 11.5. The number of fused-ring (bicyclic) bond motifs is 2. The van der Waals surface area contributed by atoms with Gasteiger partial charge in [0.1, 0.15) is 0 Å². The van der Waals surface area contributed by atoms with E-state index >= 15 is 0 Å². The van der Waals surface area contributed by atoms with Crippen LogP contribution in [0.2, 0.25) is 10.0 Å². The van der Waals surface area contributed by atoms with Gasteiger partial charge in [-0.3, -0.25) is 9.44 Å². The van der Waals surface area contributed by atoms with Crippen molar-refractivity contribution in [3.8, 4) is 0 Å². The number of nitrogens with one attached hydrogen (secondary N) is 4. The molecule has 0 atom stereocenters. The first kappa shape index (κ1) is 37.3. The largest absolute Gasteiger partial charge is 0.478 e. The SMILES string of the molecule is COC(=O)c1cc(NS(=O)(=O)c2ccc3ccc(NC(=S)Nc4ccc5ccc(S(=O)(=O)Nc6ccc(Cl)c(C(=O)O)c6)cc5c4)cc3c2)ccc1Cl. The van der Waals surface area contributed by atoms with E-state index in [2.05, 4.69) is 20.1 Å². The molecule has 6 rings (SSSR count). The number of aromatic carboxylic acids is 1. The minimum Gasteiger partial charge on any atom is -0.478 e. The molecule has 0 aliphatic carbocycles. The van der Waals surface area contributed by atoms with Crippen LogP contribution < -0.4 is 20.1 Å². The molecule has 6 aromatic rings. The molecule has 0 spiro atoms. The molecule has 0 unspecified atom stereocenters. The van der Waals surface area contributed by atoms with Crippen molar-refractivity contribution < 1.29 is 36.3 Å². The number of ether oxygens (including phenoxy) is 1. The predicted molar refractivity (Wildman–Crippen MR) is 211 cm³/mol. The van der Waals surface area contributed by atoms with Crippen LogP contribution in [0.4, 0.5) is 22.7 Å². The fraction of sp³-hybridized carbons (Fsp3) is 0.0278. The molecule has 270 valence electrons. The van der Waals surface area contributed by atoms with Crippen LogP contribution in [-0.2, 0) is 24.8 Å². The third-order valence-electron chi connectivity index (χ3n) is 7.83. The van der Waals surface area contributed by atoms with Gasteiger partial charge in [-0.1, -0.05) is 47.5 Å². The Labute approximate surface area is 318 Å². The van der Waals surface area contributed by atoms with Crippen LogP contribution in [0.25, 0.3) is 21.5 Å². The van der Waals surface area contributed by atoms with Gasteiger partial charge in [0.2, 0.25) is 0 Å². The second kappa shape index (κ2) is 14.9. The van der Waals surface area contributed by atoms with E-state index in [1.807, 2.05) is 0 Å². The normalized spacial score (nSPS) is 11.5. The number of benzene rings is 6. The molecule has 0 heterocycles. The van der Waals surface area contributed by atoms with Crippen molar-refractivity contribution in [2.45, 2.75) is 9.79 Å². The quantitative estimate of drug-likeness (QED) is 0.0665. The lowest BCUT2D eigenvalue weighted by atomic mass is 10.1. The van der Waals surface area contributed by atoms with Gasteiger partial charge in [0.15, 0.2) is 5.11 Å². The van der Waals surface area contributed by atoms with Crippen molar-refractivity contribution in [3.63, 3.8) is 0 Å². The third kappa shape index (κ3) is 8.45. The summed E-state index contributed by atoms with van der Waals surface area (Å²) in [5.41, 5.74) is 1.04. The second-order valence-electron chi connectivity index (χ2n) is 11.4. The van der Waals surface area contributed by atoms with E-state index in [0.717, 1.165) is 16.8 Å². The number of thiocarbonyl (C=S) groups is 1. The molecule has 0 amide bonds. The zero-order valence-corrected chi connectivity index (χ0v) is 31.1. The van der Waals surface area contributed by atoms with E-state index in [0.29, 0.717) is 22.1 Å². The van der Waals surface area contributed by atoms with Gasteiger partial charge in [-0.2, -0.15) is 0 Å². The molecule has 0 fully saturated rings. The summed E-state index contributed by atoms with van der Waals surface area (Å²) in [6.45, 7) is 0. The monoisotopic (exact) mass is 808 g/mol. The number of halogens is 2. The summed E-state index contributed by atoms with van der Waals surface area (Å²) >= 11 is 17.5. The van der Waals surface area contributed by atoms with Crippen LogP contribution in [0.1, 0.15) is 20.7 Å². The highest BCUT2D eigenvalue weighted by atomic mass is 35.5. The highest BCUT2D eigenvalue weighted by molar-refractivity contribution is 7.93. The smallest absolute Gasteiger partial charge is 0.339 e. The van der Waals surface area contributed by atoms with Gasteiger partial charge < -0.3 is 20.5 Å². The van der Waals surface area contributed by atoms with Crippen molar-refractivity contribution in [2.75, 3.05) is 27.2 Å². The van der Waals surface area contributed by atoms with Crippen LogP contribution >= 0.6 is 35.4 Å². The van der Waals surface area contributed by atoms with E-state index in [1.54, 1.807) is 48.5 Å². The molecule has 0 aliphatic rings. The summed E-state index contributed by atoms with van der Waals surface area (Å²) in [6.07, 6.45) is 0. The maximum Gasteiger partial charge on any atom is 0.339 e. The lowest BCUT2D eigenvalue weighted by Gasteiger charge is -2.14. The van der Waals surface area contributed by atoms with Gasteiger partial charge in [0, 0.05) is 22.7 Å². The van der Waals surface area contributed by atoms with Crippen molar-refractivity contribution >= 4 is 117 Å². The summed E-state index contributed by atoms with van der Waals surface area (Å²) in [7, 11) is -6.97. The summed E-state index contributed by atoms with van der Waals surface area (Å²) < 4.78 is 62.5. The van der Waals surface area contributed by atoms with E-state index in [-0.39, 0.29) is 47.5 Å². The van der Waals surface area contributed by atoms with Gasteiger partial charge in [-0.25, -0.2) is 26.4 Å². The van der Waals surface area contributed by atoms with Crippen molar-refractivity contribution in [1.29, 1.82) is 0 Å². The Bertz CT molecular complexity index is 2710. The van der Waals surface area contributed by atoms with Gasteiger partial charge in [-0.05, 0) is 119 Å². The Morgan fingerprint density at radius 2 is 1.00 bits per heavy atom. The summed E-state index contributed by atoms with van der Waals surface area (Å²) in [4.78, 5) is 23.4. The molecule has 0 saturated carbocycles. The predicted octanol–water partition coefficient (Wildman–Crippen LogP) is 8.20. The maximum absolute atomic E-state index is 13.3. The molecule has 0 saturated heterocycles. The number of hydrogen-bond acceptors (Lipinski definition) is 8. The molecular formula is C36H26Cl2N4O8S3.